The van der Waals surface area contributed by atoms with Crippen LogP contribution in [-0.2, 0) is 0 Å². The first-order valence-corrected chi connectivity index (χ1v) is 30.2. The number of para-hydroxylation sites is 4. The summed E-state index contributed by atoms with van der Waals surface area (Å²) in [5, 5.41) is 2.33. The molecule has 0 N–H and O–H groups in total. The molecule has 0 spiro atoms. The highest BCUT2D eigenvalue weighted by Crippen LogP contribution is 2.45. The number of rotatable bonds is 10. The molecule has 8 nitrogen and oxygen atoms in total. The summed E-state index contributed by atoms with van der Waals surface area (Å²) in [6.07, 6.45) is 0. The molecule has 0 unspecified atom stereocenters. The summed E-state index contributed by atoms with van der Waals surface area (Å²) in [4.78, 5) is 31.6. The third-order valence-electron chi connectivity index (χ3n) is 17.5. The second-order valence-electron chi connectivity index (χ2n) is 22.9. The van der Waals surface area contributed by atoms with E-state index < -0.39 is 0 Å². The third kappa shape index (κ3) is 8.89. The minimum absolute atomic E-state index is 0.0785. The molecule has 0 fully saturated rings. The van der Waals surface area contributed by atoms with Gasteiger partial charge in [0.1, 0.15) is 0 Å². The van der Waals surface area contributed by atoms with E-state index in [1.54, 1.807) is 0 Å². The third-order valence-corrected chi connectivity index (χ3v) is 17.5. The average Bonchev–Trinajstić information content (AvgIpc) is 1.17. The second-order valence-corrected chi connectivity index (χ2v) is 22.9. The van der Waals surface area contributed by atoms with Crippen molar-refractivity contribution in [2.24, 2.45) is 0 Å². The number of benzene rings is 12. The van der Waals surface area contributed by atoms with Crippen LogP contribution in [0, 0.1) is 6.92 Å². The fourth-order valence-corrected chi connectivity index (χ4v) is 13.4. The molecule has 12 aromatic carbocycles. The molecule has 2 aliphatic rings. The summed E-state index contributed by atoms with van der Waals surface area (Å²) in [5.74, 6) is 2.23. The predicted molar refractivity (Wildman–Crippen MR) is 367 cm³/mol. The van der Waals surface area contributed by atoms with Gasteiger partial charge in [0.2, 0.25) is 0 Å². The van der Waals surface area contributed by atoms with Crippen molar-refractivity contribution in [1.29, 1.82) is 0 Å². The number of aryl methyl sites for hydroxylation is 1. The molecule has 17 rings (SSSR count). The van der Waals surface area contributed by atoms with Crippen molar-refractivity contribution in [1.82, 2.24) is 29.5 Å². The van der Waals surface area contributed by atoms with E-state index in [0.717, 1.165) is 89.4 Å². The van der Waals surface area contributed by atoms with Crippen LogP contribution >= 0.6 is 0 Å². The van der Waals surface area contributed by atoms with Crippen LogP contribution in [0.15, 0.2) is 303 Å². The Morgan fingerprint density at radius 3 is 1.35 bits per heavy atom. The zero-order valence-corrected chi connectivity index (χ0v) is 48.5. The van der Waals surface area contributed by atoms with Crippen molar-refractivity contribution >= 4 is 79.0 Å². The summed E-state index contributed by atoms with van der Waals surface area (Å²) in [6.45, 7) is 2.23. The Labute approximate surface area is 516 Å². The predicted octanol–water partition coefficient (Wildman–Crippen LogP) is 17.8. The summed E-state index contributed by atoms with van der Waals surface area (Å²) >= 11 is 0. The molecule has 2 aliphatic heterocycles. The van der Waals surface area contributed by atoms with Gasteiger partial charge in [-0.3, -0.25) is 0 Å². The van der Waals surface area contributed by atoms with Crippen LogP contribution in [0.1, 0.15) is 5.56 Å². The highest BCUT2D eigenvalue weighted by atomic mass is 15.2. The molecule has 0 bridgehead atoms. The number of anilines is 6. The van der Waals surface area contributed by atoms with Crippen molar-refractivity contribution in [2.75, 3.05) is 9.80 Å². The Hall–Kier alpha value is -11.8. The molecule has 416 valence electrons. The van der Waals surface area contributed by atoms with Crippen LogP contribution in [0.4, 0.5) is 34.1 Å². The largest absolute Gasteiger partial charge is 0.311 e. The lowest BCUT2D eigenvalue weighted by atomic mass is 9.33. The average molecular weight is 1140 g/mol. The highest BCUT2D eigenvalue weighted by molar-refractivity contribution is 7.00. The van der Waals surface area contributed by atoms with Crippen molar-refractivity contribution in [2.45, 2.75) is 6.92 Å². The van der Waals surface area contributed by atoms with Crippen molar-refractivity contribution in [3.05, 3.63) is 309 Å². The monoisotopic (exact) mass is 1140 g/mol. The Morgan fingerprint density at radius 2 is 0.730 bits per heavy atom. The maximum atomic E-state index is 5.48. The van der Waals surface area contributed by atoms with Gasteiger partial charge in [-0.15, -0.1) is 0 Å². The minimum Gasteiger partial charge on any atom is -0.311 e. The molecular weight excluding hydrogens is 1080 g/mol. The molecule has 5 heterocycles. The Morgan fingerprint density at radius 1 is 0.281 bits per heavy atom. The van der Waals surface area contributed by atoms with E-state index in [4.69, 9.17) is 24.9 Å². The standard InChI is InChI=1S/C80H53BN8/c1-52-37-47-70-63(49-52)62-29-14-17-32-69(62)89(70)71-48-44-59(79-82-67(55-21-6-2-7-22-55)51-68(83-79)56-23-8-3-9-24-56)50-64(71)80-85-77(57-25-10-4-11-26-57)84-78(86-80)58-40-38-53(39-41-58)54-42-45-61(46-43-54)88-73-34-19-16-31-66(73)81-65-30-15-18-33-72(65)87(60-27-12-5-13-28-60)74-35-20-36-75(88)76(74)81/h2-51H,1H3. The molecule has 15 aromatic rings. The fourth-order valence-electron chi connectivity index (χ4n) is 13.4. The van der Waals surface area contributed by atoms with Crippen LogP contribution in [-0.4, -0.2) is 36.2 Å². The highest BCUT2D eigenvalue weighted by Gasteiger charge is 2.43. The summed E-state index contributed by atoms with van der Waals surface area (Å²) in [7, 11) is 0. The first kappa shape index (κ1) is 51.6. The second kappa shape index (κ2) is 21.3. The van der Waals surface area contributed by atoms with Gasteiger partial charge in [-0.25, -0.2) is 24.9 Å². The zero-order valence-electron chi connectivity index (χ0n) is 48.5. The Kier molecular flexibility index (Phi) is 12.4. The van der Waals surface area contributed by atoms with Crippen LogP contribution in [0.3, 0.4) is 0 Å². The molecule has 3 aromatic heterocycles. The zero-order chi connectivity index (χ0) is 58.9. The van der Waals surface area contributed by atoms with Crippen molar-refractivity contribution in [3.63, 3.8) is 0 Å². The molecule has 89 heavy (non-hydrogen) atoms. The van der Waals surface area contributed by atoms with E-state index in [1.807, 2.05) is 54.6 Å². The Bertz CT molecular complexity index is 5150. The molecule has 0 saturated heterocycles. The van der Waals surface area contributed by atoms with Gasteiger partial charge < -0.3 is 14.4 Å². The SMILES string of the molecule is Cc1ccc2c(c1)c1ccccc1n2-c1ccc(-c2nc(-c3ccccc3)cc(-c3ccccc3)n2)cc1-c1nc(-c2ccccc2)nc(-c2ccc(-c3ccc(N4c5ccccc5B5c6ccccc6N(c6ccccc6)c6cccc4c65)cc3)cc2)n1. The summed E-state index contributed by atoms with van der Waals surface area (Å²) < 4.78 is 2.35. The number of aromatic nitrogens is 6. The maximum absolute atomic E-state index is 5.48. The van der Waals surface area contributed by atoms with Gasteiger partial charge in [0.05, 0.1) is 28.1 Å². The van der Waals surface area contributed by atoms with Gasteiger partial charge in [-0.05, 0) is 125 Å². The molecular formula is C80H53BN8. The molecule has 0 aliphatic carbocycles. The lowest BCUT2D eigenvalue weighted by Gasteiger charge is -2.44. The van der Waals surface area contributed by atoms with Crippen molar-refractivity contribution < 1.29 is 0 Å². The number of hydrogen-bond donors (Lipinski definition) is 0. The van der Waals surface area contributed by atoms with Crippen LogP contribution in [0.5, 0.6) is 0 Å². The number of nitrogens with zero attached hydrogens (tertiary/aromatic N) is 8. The first-order valence-electron chi connectivity index (χ1n) is 30.2. The van der Waals surface area contributed by atoms with Gasteiger partial charge in [-0.1, -0.05) is 218 Å². The maximum Gasteiger partial charge on any atom is 0.252 e. The van der Waals surface area contributed by atoms with Gasteiger partial charge in [-0.2, -0.15) is 0 Å². The van der Waals surface area contributed by atoms with Crippen LogP contribution in [0.2, 0.25) is 0 Å². The summed E-state index contributed by atoms with van der Waals surface area (Å²) in [5.41, 5.74) is 24.4. The van der Waals surface area contributed by atoms with Gasteiger partial charge >= 0.3 is 0 Å². The lowest BCUT2D eigenvalue weighted by Crippen LogP contribution is -2.61. The summed E-state index contributed by atoms with van der Waals surface area (Å²) in [6, 6.07) is 108. The normalized spacial score (nSPS) is 12.3. The topological polar surface area (TPSA) is 75.9 Å². The van der Waals surface area contributed by atoms with Gasteiger partial charge in [0.25, 0.3) is 6.71 Å². The van der Waals surface area contributed by atoms with Crippen molar-refractivity contribution in [3.8, 4) is 84.9 Å². The van der Waals surface area contributed by atoms with E-state index in [1.165, 1.54) is 50.1 Å². The van der Waals surface area contributed by atoms with E-state index in [2.05, 4.69) is 270 Å². The molecule has 0 amide bonds. The van der Waals surface area contributed by atoms with E-state index in [0.29, 0.717) is 23.3 Å². The lowest BCUT2D eigenvalue weighted by molar-refractivity contribution is 1.06. The number of hydrogen-bond acceptors (Lipinski definition) is 7. The quantitative estimate of drug-likeness (QED) is 0.126. The van der Waals surface area contributed by atoms with E-state index in [9.17, 15) is 0 Å². The molecule has 9 heteroatoms. The molecule has 0 radical (unpaired) electrons. The van der Waals surface area contributed by atoms with Crippen LogP contribution in [0.25, 0.3) is 107 Å². The number of fused-ring (bicyclic) bond motifs is 7. The molecule has 0 atom stereocenters. The first-order chi connectivity index (χ1) is 44.0. The van der Waals surface area contributed by atoms with Crippen LogP contribution < -0.4 is 26.2 Å². The van der Waals surface area contributed by atoms with E-state index in [-0.39, 0.29) is 6.71 Å². The van der Waals surface area contributed by atoms with Gasteiger partial charge in [0.15, 0.2) is 23.3 Å². The van der Waals surface area contributed by atoms with Gasteiger partial charge in [0, 0.05) is 78.3 Å². The van der Waals surface area contributed by atoms with E-state index >= 15 is 0 Å². The smallest absolute Gasteiger partial charge is 0.252 e. The minimum atomic E-state index is 0.0785. The fraction of sp³-hybridized carbons (Fsp3) is 0.0125. The Balaban J connectivity index is 0.783. The molecule has 0 saturated carbocycles.